The van der Waals surface area contributed by atoms with Crippen molar-refractivity contribution in [2.24, 2.45) is 0 Å². The van der Waals surface area contributed by atoms with Crippen LogP contribution in [0.4, 0.5) is 10.5 Å². The molecule has 1 atom stereocenters. The van der Waals surface area contributed by atoms with Crippen LogP contribution in [0.3, 0.4) is 0 Å². The van der Waals surface area contributed by atoms with E-state index in [9.17, 15) is 9.90 Å². The molecule has 128 valence electrons. The van der Waals surface area contributed by atoms with Gasteiger partial charge in [0, 0.05) is 11.6 Å². The number of hydrogen-bond acceptors (Lipinski definition) is 3. The molecule has 2 heterocycles. The monoisotopic (exact) mass is 348 g/mol. The molecule has 0 aliphatic carbocycles. The van der Waals surface area contributed by atoms with Crippen molar-refractivity contribution in [2.45, 2.75) is 32.2 Å². The van der Waals surface area contributed by atoms with Crippen molar-refractivity contribution >= 4 is 23.3 Å². The fourth-order valence-electron chi connectivity index (χ4n) is 3.05. The average Bonchev–Trinajstić information content (AvgIpc) is 2.95. The number of rotatable bonds is 3. The largest absolute Gasteiger partial charge is 0.394 e. The van der Waals surface area contributed by atoms with Crippen LogP contribution in [0.25, 0.3) is 5.69 Å². The number of nitrogens with one attached hydrogen (secondary N) is 1. The first-order valence-electron chi connectivity index (χ1n) is 8.09. The number of anilines is 1. The molecule has 24 heavy (non-hydrogen) atoms. The molecule has 1 fully saturated rings. The van der Waals surface area contributed by atoms with Crippen molar-refractivity contribution < 1.29 is 9.90 Å². The standard InChI is InChI=1S/C17H21ClN4O2/c1-12-16(10-19-22(12)14-7-4-5-13(18)9-14)20-17(24)21-8-3-2-6-15(21)11-23/h4-5,7,9-10,15,23H,2-3,6,8,11H2,1H3,(H,20,24)/t15-/m1/s1. The van der Waals surface area contributed by atoms with Crippen LogP contribution in [0.15, 0.2) is 30.5 Å². The van der Waals surface area contributed by atoms with Crippen LogP contribution < -0.4 is 5.32 Å². The van der Waals surface area contributed by atoms with Gasteiger partial charge in [-0.2, -0.15) is 5.10 Å². The summed E-state index contributed by atoms with van der Waals surface area (Å²) in [6.07, 6.45) is 4.47. The van der Waals surface area contributed by atoms with E-state index in [1.54, 1.807) is 21.8 Å². The van der Waals surface area contributed by atoms with Crippen LogP contribution in [0.1, 0.15) is 25.0 Å². The number of likely N-dealkylation sites (tertiary alicyclic amines) is 1. The Bertz CT molecular complexity index is 731. The third-order valence-corrected chi connectivity index (χ3v) is 4.64. The molecule has 0 unspecified atom stereocenters. The minimum atomic E-state index is -0.192. The SMILES string of the molecule is Cc1c(NC(=O)N2CCCC[C@@H]2CO)cnn1-c1cccc(Cl)c1. The van der Waals surface area contributed by atoms with Gasteiger partial charge < -0.3 is 15.3 Å². The number of piperidine rings is 1. The lowest BCUT2D eigenvalue weighted by Crippen LogP contribution is -2.47. The van der Waals surface area contributed by atoms with Gasteiger partial charge >= 0.3 is 6.03 Å². The first-order chi connectivity index (χ1) is 11.6. The van der Waals surface area contributed by atoms with E-state index in [2.05, 4.69) is 10.4 Å². The predicted octanol–water partition coefficient (Wildman–Crippen LogP) is 3.21. The number of aliphatic hydroxyl groups excluding tert-OH is 1. The van der Waals surface area contributed by atoms with Crippen LogP contribution in [0.2, 0.25) is 5.02 Å². The third kappa shape index (κ3) is 3.39. The molecule has 1 aliphatic rings. The summed E-state index contributed by atoms with van der Waals surface area (Å²) in [4.78, 5) is 14.2. The summed E-state index contributed by atoms with van der Waals surface area (Å²) in [5.74, 6) is 0. The van der Waals surface area contributed by atoms with Gasteiger partial charge in [-0.05, 0) is 44.4 Å². The van der Waals surface area contributed by atoms with E-state index in [-0.39, 0.29) is 18.7 Å². The van der Waals surface area contributed by atoms with Crippen molar-refractivity contribution in [1.29, 1.82) is 0 Å². The predicted molar refractivity (Wildman–Crippen MR) is 93.8 cm³/mol. The van der Waals surface area contributed by atoms with Gasteiger partial charge in [-0.3, -0.25) is 0 Å². The van der Waals surface area contributed by atoms with E-state index >= 15 is 0 Å². The number of aliphatic hydroxyl groups is 1. The maximum Gasteiger partial charge on any atom is 0.322 e. The Balaban J connectivity index is 1.77. The highest BCUT2D eigenvalue weighted by Gasteiger charge is 2.26. The first kappa shape index (κ1) is 16.8. The summed E-state index contributed by atoms with van der Waals surface area (Å²) < 4.78 is 1.74. The maximum atomic E-state index is 12.5. The smallest absolute Gasteiger partial charge is 0.322 e. The lowest BCUT2D eigenvalue weighted by molar-refractivity contribution is 0.115. The number of aromatic nitrogens is 2. The number of nitrogens with zero attached hydrogens (tertiary/aromatic N) is 3. The second kappa shape index (κ2) is 7.23. The van der Waals surface area contributed by atoms with E-state index in [1.165, 1.54) is 0 Å². The summed E-state index contributed by atoms with van der Waals surface area (Å²) in [5, 5.41) is 17.3. The van der Waals surface area contributed by atoms with Crippen LogP contribution in [-0.2, 0) is 0 Å². The molecule has 0 bridgehead atoms. The minimum Gasteiger partial charge on any atom is -0.394 e. The molecule has 2 aromatic rings. The summed E-state index contributed by atoms with van der Waals surface area (Å²) in [6, 6.07) is 7.09. The van der Waals surface area contributed by atoms with E-state index < -0.39 is 0 Å². The highest BCUT2D eigenvalue weighted by Crippen LogP contribution is 2.22. The molecule has 1 aromatic carbocycles. The molecule has 0 spiro atoms. The van der Waals surface area contributed by atoms with E-state index in [1.807, 2.05) is 25.1 Å². The minimum absolute atomic E-state index is 0.00578. The summed E-state index contributed by atoms with van der Waals surface area (Å²) in [5.41, 5.74) is 2.32. The highest BCUT2D eigenvalue weighted by molar-refractivity contribution is 6.30. The third-order valence-electron chi connectivity index (χ3n) is 4.40. The quantitative estimate of drug-likeness (QED) is 0.894. The van der Waals surface area contributed by atoms with Gasteiger partial charge in [0.25, 0.3) is 0 Å². The normalized spacial score (nSPS) is 17.8. The second-order valence-electron chi connectivity index (χ2n) is 5.99. The number of carbonyl (C=O) groups is 1. The number of amides is 2. The Labute approximate surface area is 146 Å². The molecule has 0 radical (unpaired) electrons. The average molecular weight is 349 g/mol. The first-order valence-corrected chi connectivity index (χ1v) is 8.47. The zero-order chi connectivity index (χ0) is 17.1. The zero-order valence-corrected chi connectivity index (χ0v) is 14.3. The molecule has 0 saturated carbocycles. The zero-order valence-electron chi connectivity index (χ0n) is 13.6. The number of benzene rings is 1. The van der Waals surface area contributed by atoms with Crippen LogP contribution >= 0.6 is 11.6 Å². The number of hydrogen-bond donors (Lipinski definition) is 2. The molecular weight excluding hydrogens is 328 g/mol. The maximum absolute atomic E-state index is 12.5. The Morgan fingerprint density at radius 1 is 1.46 bits per heavy atom. The molecule has 1 aromatic heterocycles. The van der Waals surface area contributed by atoms with E-state index in [0.717, 1.165) is 30.6 Å². The molecule has 2 N–H and O–H groups in total. The van der Waals surface area contributed by atoms with Crippen molar-refractivity contribution in [1.82, 2.24) is 14.7 Å². The number of urea groups is 1. The summed E-state index contributed by atoms with van der Waals surface area (Å²) >= 11 is 6.03. The van der Waals surface area contributed by atoms with Gasteiger partial charge in [-0.1, -0.05) is 17.7 Å². The van der Waals surface area contributed by atoms with Crippen molar-refractivity contribution in [2.75, 3.05) is 18.5 Å². The summed E-state index contributed by atoms with van der Waals surface area (Å²) in [6.45, 7) is 2.55. The van der Waals surface area contributed by atoms with Crippen LogP contribution in [0, 0.1) is 6.92 Å². The van der Waals surface area contributed by atoms with Gasteiger partial charge in [-0.15, -0.1) is 0 Å². The lowest BCUT2D eigenvalue weighted by atomic mass is 10.0. The van der Waals surface area contributed by atoms with Crippen molar-refractivity contribution in [3.8, 4) is 5.69 Å². The van der Waals surface area contributed by atoms with E-state index in [0.29, 0.717) is 17.3 Å². The van der Waals surface area contributed by atoms with Crippen molar-refractivity contribution in [3.63, 3.8) is 0 Å². The number of carbonyl (C=O) groups excluding carboxylic acids is 1. The topological polar surface area (TPSA) is 70.4 Å². The fraction of sp³-hybridized carbons (Fsp3) is 0.412. The Morgan fingerprint density at radius 2 is 2.29 bits per heavy atom. The Morgan fingerprint density at radius 3 is 3.04 bits per heavy atom. The number of halogens is 1. The van der Waals surface area contributed by atoms with Crippen LogP contribution in [0.5, 0.6) is 0 Å². The molecule has 7 heteroatoms. The molecule has 3 rings (SSSR count). The Kier molecular flexibility index (Phi) is 5.06. The highest BCUT2D eigenvalue weighted by atomic mass is 35.5. The van der Waals surface area contributed by atoms with E-state index in [4.69, 9.17) is 11.6 Å². The van der Waals surface area contributed by atoms with Gasteiger partial charge in [0.2, 0.25) is 0 Å². The van der Waals surface area contributed by atoms with Crippen molar-refractivity contribution in [3.05, 3.63) is 41.2 Å². The molecule has 1 aliphatic heterocycles. The van der Waals surface area contributed by atoms with Gasteiger partial charge in [0.05, 0.1) is 35.9 Å². The fourth-order valence-corrected chi connectivity index (χ4v) is 3.23. The molecule has 6 nitrogen and oxygen atoms in total. The molecule has 1 saturated heterocycles. The second-order valence-corrected chi connectivity index (χ2v) is 6.43. The molecular formula is C17H21ClN4O2. The van der Waals surface area contributed by atoms with Crippen LogP contribution in [-0.4, -0.2) is 45.0 Å². The Hall–Kier alpha value is -2.05. The molecule has 2 amide bonds. The summed E-state index contributed by atoms with van der Waals surface area (Å²) in [7, 11) is 0. The van der Waals surface area contributed by atoms with Gasteiger partial charge in [0.1, 0.15) is 0 Å². The van der Waals surface area contributed by atoms with Gasteiger partial charge in [0.15, 0.2) is 0 Å². The lowest BCUT2D eigenvalue weighted by Gasteiger charge is -2.34. The van der Waals surface area contributed by atoms with Gasteiger partial charge in [-0.25, -0.2) is 9.48 Å².